The van der Waals surface area contributed by atoms with E-state index >= 15 is 0 Å². The Bertz CT molecular complexity index is 673. The molecule has 0 fully saturated rings. The SMILES string of the molecule is C=CC(=O)OCCC[Si](O[Si](C)(C)C)(O[Si](C)(C)C)O[Si](C)(C)C.C=CC(=O)OCCOC(=O)C=C. The average Bonchev–Trinajstić information content (AvgIpc) is 2.70. The molecule has 0 aliphatic rings. The molecular weight excluding hydrogens is 533 g/mol. The molecule has 0 heterocycles. The van der Waals surface area contributed by atoms with Gasteiger partial charge in [-0.05, 0) is 65.3 Å². The second-order valence-electron chi connectivity index (χ2n) is 10.5. The molecular formula is C23H46O9Si4. The average molecular weight is 579 g/mol. The molecule has 13 heteroatoms. The van der Waals surface area contributed by atoms with Crippen LogP contribution >= 0.6 is 0 Å². The molecule has 0 atom stereocenters. The molecule has 0 rings (SSSR count). The van der Waals surface area contributed by atoms with Crippen LogP contribution in [0.3, 0.4) is 0 Å². The standard InChI is InChI=1S/C15H36O5Si4.C8H10O4/c1-11-15(16)17-13-12-14-24(18-21(2,3)4,19-22(5,6)7)20-23(8,9)10;1-3-7(9)11-5-6-12-8(10)4-2/h11H,1,12-14H2,2-10H3;3-4H,1-2,5-6H2. The first kappa shape index (κ1) is 36.5. The van der Waals surface area contributed by atoms with Crippen molar-refractivity contribution >= 4 is 51.7 Å². The molecule has 0 aliphatic heterocycles. The minimum Gasteiger partial charge on any atom is -0.463 e. The Morgan fingerprint density at radius 2 is 0.833 bits per heavy atom. The van der Waals surface area contributed by atoms with Crippen molar-refractivity contribution in [3.63, 3.8) is 0 Å². The van der Waals surface area contributed by atoms with Crippen LogP contribution in [-0.4, -0.2) is 71.5 Å². The first-order valence-corrected chi connectivity index (χ1v) is 23.9. The Morgan fingerprint density at radius 3 is 1.08 bits per heavy atom. The van der Waals surface area contributed by atoms with Crippen molar-refractivity contribution in [3.8, 4) is 0 Å². The van der Waals surface area contributed by atoms with Crippen LogP contribution in [0, 0.1) is 0 Å². The lowest BCUT2D eigenvalue weighted by Crippen LogP contribution is -2.60. The molecule has 0 spiro atoms. The Balaban J connectivity index is 0. The number of hydrogen-bond donors (Lipinski definition) is 0. The van der Waals surface area contributed by atoms with Crippen LogP contribution in [-0.2, 0) is 40.9 Å². The van der Waals surface area contributed by atoms with Crippen LogP contribution in [0.1, 0.15) is 6.42 Å². The maximum absolute atomic E-state index is 11.2. The number of carbonyl (C=O) groups excluding carboxylic acids is 3. The van der Waals surface area contributed by atoms with Crippen LogP contribution < -0.4 is 0 Å². The minimum atomic E-state index is -2.82. The largest absolute Gasteiger partial charge is 0.469 e. The molecule has 208 valence electrons. The van der Waals surface area contributed by atoms with Crippen molar-refractivity contribution in [1.29, 1.82) is 0 Å². The van der Waals surface area contributed by atoms with Gasteiger partial charge in [-0.3, -0.25) is 0 Å². The second-order valence-corrected chi connectivity index (χ2v) is 27.5. The molecule has 0 saturated heterocycles. The van der Waals surface area contributed by atoms with Crippen LogP contribution in [0.25, 0.3) is 0 Å². The predicted octanol–water partition coefficient (Wildman–Crippen LogP) is 5.04. The summed E-state index contributed by atoms with van der Waals surface area (Å²) in [5.74, 6) is -1.47. The highest BCUT2D eigenvalue weighted by atomic mass is 28.5. The first-order valence-electron chi connectivity index (χ1n) is 11.8. The molecule has 0 saturated carbocycles. The number of esters is 3. The first-order chi connectivity index (χ1) is 16.3. The fourth-order valence-electron chi connectivity index (χ4n) is 2.54. The number of rotatable bonds is 16. The summed E-state index contributed by atoms with van der Waals surface area (Å²) in [6.07, 6.45) is 3.93. The van der Waals surface area contributed by atoms with Gasteiger partial charge in [0.2, 0.25) is 0 Å². The zero-order valence-electron chi connectivity index (χ0n) is 23.6. The van der Waals surface area contributed by atoms with Gasteiger partial charge in [-0.2, -0.15) is 0 Å². The van der Waals surface area contributed by atoms with Gasteiger partial charge in [0.1, 0.15) is 13.2 Å². The molecule has 0 aromatic heterocycles. The Labute approximate surface area is 221 Å². The maximum Gasteiger partial charge on any atom is 0.469 e. The number of carbonyl (C=O) groups is 3. The van der Waals surface area contributed by atoms with E-state index in [-0.39, 0.29) is 13.2 Å². The summed E-state index contributed by atoms with van der Waals surface area (Å²) in [5, 5.41) is 0. The Hall–Kier alpha value is -1.62. The summed E-state index contributed by atoms with van der Waals surface area (Å²) in [4.78, 5) is 32.1. The molecule has 0 aliphatic carbocycles. The van der Waals surface area contributed by atoms with Crippen LogP contribution in [0.2, 0.25) is 65.0 Å². The van der Waals surface area contributed by atoms with Crippen molar-refractivity contribution in [2.75, 3.05) is 19.8 Å². The smallest absolute Gasteiger partial charge is 0.463 e. The summed E-state index contributed by atoms with van der Waals surface area (Å²) < 4.78 is 33.8. The van der Waals surface area contributed by atoms with Gasteiger partial charge in [-0.15, -0.1) is 0 Å². The molecule has 0 aromatic rings. The van der Waals surface area contributed by atoms with E-state index in [0.29, 0.717) is 19.1 Å². The van der Waals surface area contributed by atoms with Crippen molar-refractivity contribution < 1.29 is 40.9 Å². The molecule has 0 aromatic carbocycles. The third-order valence-corrected chi connectivity index (χ3v) is 15.4. The van der Waals surface area contributed by atoms with Gasteiger partial charge in [-0.1, -0.05) is 19.7 Å². The van der Waals surface area contributed by atoms with Gasteiger partial charge >= 0.3 is 26.7 Å². The lowest BCUT2D eigenvalue weighted by atomic mass is 10.5. The monoisotopic (exact) mass is 578 g/mol. The fraction of sp³-hybridized carbons (Fsp3) is 0.609. The van der Waals surface area contributed by atoms with Gasteiger partial charge < -0.3 is 26.6 Å². The third kappa shape index (κ3) is 22.8. The lowest BCUT2D eigenvalue weighted by Gasteiger charge is -2.42. The van der Waals surface area contributed by atoms with Crippen LogP contribution in [0.15, 0.2) is 38.0 Å². The summed E-state index contributed by atoms with van der Waals surface area (Å²) >= 11 is 0. The number of ether oxygens (including phenoxy) is 3. The van der Waals surface area contributed by atoms with E-state index in [1.807, 2.05) is 0 Å². The topological polar surface area (TPSA) is 107 Å². The summed E-state index contributed by atoms with van der Waals surface area (Å²) in [6, 6.07) is 0.677. The van der Waals surface area contributed by atoms with E-state index < -0.39 is 51.7 Å². The highest BCUT2D eigenvalue weighted by molar-refractivity contribution is 6.90. The molecule has 0 amide bonds. The predicted molar refractivity (Wildman–Crippen MR) is 152 cm³/mol. The zero-order chi connectivity index (χ0) is 28.6. The minimum absolute atomic E-state index is 0.0322. The van der Waals surface area contributed by atoms with Crippen molar-refractivity contribution in [1.82, 2.24) is 0 Å². The van der Waals surface area contributed by atoms with E-state index in [2.05, 4.69) is 88.1 Å². The van der Waals surface area contributed by atoms with Gasteiger partial charge in [0.25, 0.3) is 0 Å². The van der Waals surface area contributed by atoms with Crippen molar-refractivity contribution in [2.45, 2.75) is 71.4 Å². The molecule has 0 bridgehead atoms. The van der Waals surface area contributed by atoms with Crippen molar-refractivity contribution in [2.24, 2.45) is 0 Å². The van der Waals surface area contributed by atoms with Crippen molar-refractivity contribution in [3.05, 3.63) is 38.0 Å². The Kier molecular flexibility index (Phi) is 17.2. The van der Waals surface area contributed by atoms with Gasteiger partial charge in [0.05, 0.1) is 6.61 Å². The fourth-order valence-corrected chi connectivity index (χ4v) is 17.2. The maximum atomic E-state index is 11.2. The van der Waals surface area contributed by atoms with Gasteiger partial charge in [0, 0.05) is 24.3 Å². The van der Waals surface area contributed by atoms with E-state index in [1.165, 1.54) is 6.08 Å². The molecule has 0 radical (unpaired) electrons. The van der Waals surface area contributed by atoms with Gasteiger partial charge in [-0.25, -0.2) is 14.4 Å². The molecule has 0 N–H and O–H groups in total. The normalized spacial score (nSPS) is 11.9. The zero-order valence-corrected chi connectivity index (χ0v) is 27.6. The molecule has 9 nitrogen and oxygen atoms in total. The lowest BCUT2D eigenvalue weighted by molar-refractivity contribution is -0.146. The van der Waals surface area contributed by atoms with E-state index in [1.54, 1.807) is 0 Å². The Morgan fingerprint density at radius 1 is 0.556 bits per heavy atom. The number of hydrogen-bond acceptors (Lipinski definition) is 9. The van der Waals surface area contributed by atoms with E-state index in [9.17, 15) is 14.4 Å². The summed E-state index contributed by atoms with van der Waals surface area (Å²) in [6.45, 7) is 29.6. The van der Waals surface area contributed by atoms with Crippen LogP contribution in [0.4, 0.5) is 0 Å². The van der Waals surface area contributed by atoms with Crippen LogP contribution in [0.5, 0.6) is 0 Å². The molecule has 0 unspecified atom stereocenters. The second kappa shape index (κ2) is 17.0. The molecule has 36 heavy (non-hydrogen) atoms. The summed E-state index contributed by atoms with van der Waals surface area (Å²) in [7, 11) is -8.36. The highest BCUT2D eigenvalue weighted by Gasteiger charge is 2.49. The highest BCUT2D eigenvalue weighted by Crippen LogP contribution is 2.29. The van der Waals surface area contributed by atoms with E-state index in [4.69, 9.17) is 17.1 Å². The van der Waals surface area contributed by atoms with E-state index in [0.717, 1.165) is 12.2 Å². The van der Waals surface area contributed by atoms with Gasteiger partial charge in [0.15, 0.2) is 25.0 Å². The quantitative estimate of drug-likeness (QED) is 0.0818. The summed E-state index contributed by atoms with van der Waals surface area (Å²) in [5.41, 5.74) is 0. The third-order valence-electron chi connectivity index (χ3n) is 3.33.